The highest BCUT2D eigenvalue weighted by Gasteiger charge is 2.37. The summed E-state index contributed by atoms with van der Waals surface area (Å²) in [6.45, 7) is 0. The molecular formula is C20H14BF4NO2. The Labute approximate surface area is 157 Å². The third kappa shape index (κ3) is 3.22. The number of ether oxygens (including phenoxy) is 1. The maximum Gasteiger partial charge on any atom is 0.673 e. The summed E-state index contributed by atoms with van der Waals surface area (Å²) in [5.41, 5.74) is 6.60. The summed E-state index contributed by atoms with van der Waals surface area (Å²) >= 11 is 0. The molecule has 142 valence electrons. The van der Waals surface area contributed by atoms with Crippen molar-refractivity contribution in [2.45, 2.75) is 0 Å². The van der Waals surface area contributed by atoms with Crippen LogP contribution in [0.3, 0.4) is 0 Å². The molecule has 0 radical (unpaired) electrons. The van der Waals surface area contributed by atoms with E-state index in [1.807, 2.05) is 30.3 Å². The quantitative estimate of drug-likeness (QED) is 0.223. The van der Waals surface area contributed by atoms with E-state index < -0.39 is 7.25 Å². The van der Waals surface area contributed by atoms with Crippen molar-refractivity contribution in [3.8, 4) is 39.6 Å². The van der Waals surface area contributed by atoms with Crippen LogP contribution in [0.25, 0.3) is 39.6 Å². The number of methoxy groups -OCH3 is 1. The predicted octanol–water partition coefficient (Wildman–Crippen LogP) is 5.64. The number of hydrogen-bond donors (Lipinski definition) is 0. The molecule has 0 saturated heterocycles. The van der Waals surface area contributed by atoms with Gasteiger partial charge in [-0.05, 0) is 30.3 Å². The summed E-state index contributed by atoms with van der Waals surface area (Å²) in [6.07, 6.45) is 0. The number of aromatic nitrogens is 1. The van der Waals surface area contributed by atoms with Crippen molar-refractivity contribution in [1.82, 2.24) is 0 Å². The first-order valence-corrected chi connectivity index (χ1v) is 8.46. The summed E-state index contributed by atoms with van der Waals surface area (Å²) in [5.74, 6) is 1.70. The average molecular weight is 387 g/mol. The van der Waals surface area contributed by atoms with E-state index in [-0.39, 0.29) is 0 Å². The van der Waals surface area contributed by atoms with Crippen LogP contribution in [0.4, 0.5) is 17.3 Å². The van der Waals surface area contributed by atoms with E-state index in [9.17, 15) is 17.3 Å². The number of benzene rings is 2. The molecule has 0 spiro atoms. The molecule has 5 rings (SSSR count). The lowest BCUT2D eigenvalue weighted by molar-refractivity contribution is -0.485. The van der Waals surface area contributed by atoms with Crippen molar-refractivity contribution in [3.63, 3.8) is 0 Å². The maximum absolute atomic E-state index is 9.75. The molecule has 3 nitrogen and oxygen atoms in total. The fourth-order valence-electron chi connectivity index (χ4n) is 3.38. The standard InChI is InChI=1S/C20H14NO2.BF4/c1-22-14-7-4-6-13(12-14)20-19-16-9-3-2-8-15(16)17-10-5-11-18(23-20)21(17)19;2-1(3,4)5/h2-12H,1H3;/q+1;-1. The zero-order valence-corrected chi connectivity index (χ0v) is 14.7. The minimum Gasteiger partial charge on any atom is -0.497 e. The highest BCUT2D eigenvalue weighted by atomic mass is 19.5. The van der Waals surface area contributed by atoms with E-state index in [0.717, 1.165) is 28.5 Å². The number of oxazole rings is 1. The molecule has 4 aromatic rings. The molecule has 2 aromatic carbocycles. The van der Waals surface area contributed by atoms with Crippen LogP contribution in [-0.4, -0.2) is 14.4 Å². The van der Waals surface area contributed by atoms with Crippen LogP contribution in [-0.2, 0) is 0 Å². The molecule has 0 fully saturated rings. The molecule has 0 bridgehead atoms. The van der Waals surface area contributed by atoms with Crippen LogP contribution in [0.5, 0.6) is 5.75 Å². The van der Waals surface area contributed by atoms with Gasteiger partial charge in [0.05, 0.1) is 24.3 Å². The van der Waals surface area contributed by atoms with Gasteiger partial charge in [0.25, 0.3) is 5.69 Å². The first kappa shape index (κ1) is 18.1. The third-order valence-electron chi connectivity index (χ3n) is 4.39. The molecule has 1 aliphatic rings. The third-order valence-corrected chi connectivity index (χ3v) is 4.39. The number of hydrogen-bond acceptors (Lipinski definition) is 2. The van der Waals surface area contributed by atoms with Crippen molar-refractivity contribution in [2.24, 2.45) is 0 Å². The van der Waals surface area contributed by atoms with Crippen molar-refractivity contribution in [3.05, 3.63) is 66.7 Å². The summed E-state index contributed by atoms with van der Waals surface area (Å²) in [4.78, 5) is 0. The van der Waals surface area contributed by atoms with Gasteiger partial charge in [-0.2, -0.15) is 0 Å². The number of pyridine rings is 1. The topological polar surface area (TPSA) is 26.5 Å². The van der Waals surface area contributed by atoms with Crippen molar-refractivity contribution < 1.29 is 30.8 Å². The van der Waals surface area contributed by atoms with Gasteiger partial charge in [-0.1, -0.05) is 24.3 Å². The van der Waals surface area contributed by atoms with E-state index in [2.05, 4.69) is 40.8 Å². The second kappa shape index (κ2) is 6.71. The largest absolute Gasteiger partial charge is 0.673 e. The summed E-state index contributed by atoms with van der Waals surface area (Å²) in [5, 5.41) is 0. The monoisotopic (exact) mass is 387 g/mol. The zero-order valence-electron chi connectivity index (χ0n) is 14.7. The summed E-state index contributed by atoms with van der Waals surface area (Å²) in [7, 11) is -4.32. The first-order chi connectivity index (χ1) is 13.4. The maximum atomic E-state index is 9.75. The SMILES string of the molecule is COc1cccc(-c2oc3cccc4[n+]3c2-c2ccccc2-4)c1.F[B-](F)(F)F. The van der Waals surface area contributed by atoms with Crippen molar-refractivity contribution >= 4 is 13.0 Å². The number of rotatable bonds is 2. The molecule has 0 atom stereocenters. The second-order valence-corrected chi connectivity index (χ2v) is 6.14. The molecule has 0 saturated carbocycles. The highest BCUT2D eigenvalue weighted by molar-refractivity contribution is 6.50. The molecule has 8 heteroatoms. The van der Waals surface area contributed by atoms with Crippen LogP contribution in [0.2, 0.25) is 0 Å². The van der Waals surface area contributed by atoms with Gasteiger partial charge in [-0.25, -0.2) is 0 Å². The summed E-state index contributed by atoms with van der Waals surface area (Å²) in [6, 6.07) is 22.6. The Balaban J connectivity index is 0.000000346. The normalized spacial score (nSPS) is 11.8. The zero-order chi connectivity index (χ0) is 19.9. The molecule has 0 amide bonds. The minimum absolute atomic E-state index is 0.826. The Kier molecular flexibility index (Phi) is 4.33. The number of halogens is 4. The fraction of sp³-hybridized carbons (Fsp3) is 0.0500. The van der Waals surface area contributed by atoms with Crippen LogP contribution in [0.15, 0.2) is 71.1 Å². The van der Waals surface area contributed by atoms with E-state index in [1.54, 1.807) is 7.11 Å². The van der Waals surface area contributed by atoms with Crippen LogP contribution in [0.1, 0.15) is 0 Å². The number of nitrogens with zero attached hydrogens (tertiary/aromatic N) is 1. The van der Waals surface area contributed by atoms with Gasteiger partial charge in [-0.3, -0.25) is 0 Å². The lowest BCUT2D eigenvalue weighted by Crippen LogP contribution is -2.20. The second-order valence-electron chi connectivity index (χ2n) is 6.14. The van der Waals surface area contributed by atoms with Gasteiger partial charge in [0.2, 0.25) is 11.5 Å². The molecule has 28 heavy (non-hydrogen) atoms. The van der Waals surface area contributed by atoms with Gasteiger partial charge < -0.3 is 26.4 Å². The average Bonchev–Trinajstić information content (AvgIpc) is 3.21. The Morgan fingerprint density at radius 1 is 0.857 bits per heavy atom. The van der Waals surface area contributed by atoms with Gasteiger partial charge in [0.1, 0.15) is 5.75 Å². The summed E-state index contributed by atoms with van der Waals surface area (Å²) < 4.78 is 52.7. The molecule has 1 aliphatic heterocycles. The smallest absolute Gasteiger partial charge is 0.497 e. The molecule has 2 aromatic heterocycles. The molecule has 0 N–H and O–H groups in total. The fourth-order valence-corrected chi connectivity index (χ4v) is 3.38. The highest BCUT2D eigenvalue weighted by Crippen LogP contribution is 2.42. The van der Waals surface area contributed by atoms with E-state index in [0.29, 0.717) is 0 Å². The lowest BCUT2D eigenvalue weighted by Gasteiger charge is -2.01. The molecule has 3 heterocycles. The van der Waals surface area contributed by atoms with Crippen LogP contribution >= 0.6 is 0 Å². The lowest BCUT2D eigenvalue weighted by atomic mass is 10.0. The van der Waals surface area contributed by atoms with Gasteiger partial charge in [-0.15, -0.1) is 4.40 Å². The Morgan fingerprint density at radius 2 is 1.54 bits per heavy atom. The first-order valence-electron chi connectivity index (χ1n) is 8.46. The van der Waals surface area contributed by atoms with Gasteiger partial charge in [0.15, 0.2) is 0 Å². The molecular weight excluding hydrogens is 373 g/mol. The number of fused-ring (bicyclic) bond motifs is 3. The van der Waals surface area contributed by atoms with Crippen molar-refractivity contribution in [2.75, 3.05) is 7.11 Å². The van der Waals surface area contributed by atoms with Gasteiger partial charge >= 0.3 is 13.0 Å². The Hall–Kier alpha value is -3.29. The van der Waals surface area contributed by atoms with Gasteiger partial charge in [0, 0.05) is 11.6 Å². The van der Waals surface area contributed by atoms with Crippen molar-refractivity contribution in [1.29, 1.82) is 0 Å². The van der Waals surface area contributed by atoms with E-state index in [4.69, 9.17) is 9.15 Å². The predicted molar refractivity (Wildman–Crippen MR) is 98.5 cm³/mol. The van der Waals surface area contributed by atoms with E-state index in [1.165, 1.54) is 16.8 Å². The Bertz CT molecular complexity index is 1160. The van der Waals surface area contributed by atoms with E-state index >= 15 is 0 Å². The minimum atomic E-state index is -6.00. The van der Waals surface area contributed by atoms with Crippen LogP contribution < -0.4 is 9.14 Å². The molecule has 0 aliphatic carbocycles. The Morgan fingerprint density at radius 3 is 2.25 bits per heavy atom. The molecule has 0 unspecified atom stereocenters. The van der Waals surface area contributed by atoms with Crippen LogP contribution in [0, 0.1) is 0 Å².